The smallest absolute Gasteiger partial charge is 0.0767 e. The molecule has 1 aromatic rings. The van der Waals surface area contributed by atoms with E-state index in [-0.39, 0.29) is 11.5 Å². The van der Waals surface area contributed by atoms with E-state index in [1.807, 2.05) is 0 Å². The van der Waals surface area contributed by atoms with Crippen molar-refractivity contribution in [1.82, 2.24) is 0 Å². The van der Waals surface area contributed by atoms with Crippen molar-refractivity contribution < 1.29 is 0 Å². The molecule has 0 radical (unpaired) electrons. The Balaban J connectivity index is 2.35. The monoisotopic (exact) mass is 200 g/mol. The Morgan fingerprint density at radius 1 is 1.40 bits per heavy atom. The molecule has 2 rings (SSSR count). The summed E-state index contributed by atoms with van der Waals surface area (Å²) in [7, 11) is 0. The number of rotatable bonds is 2. The number of aryl methyl sites for hydroxylation is 2. The number of hydrogen-bond donors (Lipinski definition) is 1. The molecule has 1 saturated carbocycles. The lowest BCUT2D eigenvalue weighted by atomic mass is 9.89. The highest BCUT2D eigenvalue weighted by atomic mass is 14.7. The first-order chi connectivity index (χ1) is 7.09. The molecule has 1 unspecified atom stereocenters. The fourth-order valence-corrected chi connectivity index (χ4v) is 2.10. The van der Waals surface area contributed by atoms with Crippen LogP contribution in [0, 0.1) is 30.6 Å². The summed E-state index contributed by atoms with van der Waals surface area (Å²) < 4.78 is 0. The highest BCUT2D eigenvalue weighted by molar-refractivity contribution is 5.36. The van der Waals surface area contributed by atoms with Crippen LogP contribution in [0.5, 0.6) is 0 Å². The molecule has 0 bridgehead atoms. The van der Waals surface area contributed by atoms with Crippen LogP contribution in [-0.4, -0.2) is 0 Å². The van der Waals surface area contributed by atoms with Gasteiger partial charge in [-0.3, -0.25) is 0 Å². The van der Waals surface area contributed by atoms with Gasteiger partial charge in [-0.1, -0.05) is 23.8 Å². The zero-order valence-corrected chi connectivity index (χ0v) is 9.25. The van der Waals surface area contributed by atoms with Crippen LogP contribution in [0.15, 0.2) is 18.2 Å². The van der Waals surface area contributed by atoms with Gasteiger partial charge in [-0.25, -0.2) is 0 Å². The lowest BCUT2D eigenvalue weighted by Gasteiger charge is -2.19. The standard InChI is InChI=1S/C13H16N2/c1-9-3-4-11(10(2)7-9)12(15)13(8-14)5-6-13/h3-4,7,12H,5-6,15H2,1-2H3. The zero-order chi connectivity index (χ0) is 11.1. The number of nitriles is 1. The molecule has 1 atom stereocenters. The third-order valence-corrected chi connectivity index (χ3v) is 3.37. The third kappa shape index (κ3) is 1.64. The summed E-state index contributed by atoms with van der Waals surface area (Å²) in [6, 6.07) is 8.50. The van der Waals surface area contributed by atoms with Gasteiger partial charge in [0.15, 0.2) is 0 Å². The minimum absolute atomic E-state index is 0.122. The molecule has 0 heterocycles. The predicted octanol–water partition coefficient (Wildman–Crippen LogP) is 2.61. The van der Waals surface area contributed by atoms with Gasteiger partial charge in [0.1, 0.15) is 0 Å². The Morgan fingerprint density at radius 3 is 2.53 bits per heavy atom. The minimum atomic E-state index is -0.278. The molecule has 2 N–H and O–H groups in total. The number of nitrogens with zero attached hydrogens (tertiary/aromatic N) is 1. The van der Waals surface area contributed by atoms with Gasteiger partial charge in [-0.05, 0) is 37.8 Å². The van der Waals surface area contributed by atoms with Gasteiger partial charge in [0, 0.05) is 6.04 Å². The molecule has 1 aliphatic carbocycles. The molecule has 78 valence electrons. The Hall–Kier alpha value is -1.33. The van der Waals surface area contributed by atoms with E-state index in [1.54, 1.807) is 0 Å². The van der Waals surface area contributed by atoms with E-state index in [0.717, 1.165) is 18.4 Å². The van der Waals surface area contributed by atoms with Crippen LogP contribution in [0.3, 0.4) is 0 Å². The van der Waals surface area contributed by atoms with Crippen LogP contribution in [-0.2, 0) is 0 Å². The van der Waals surface area contributed by atoms with E-state index in [1.165, 1.54) is 11.1 Å². The predicted molar refractivity (Wildman–Crippen MR) is 60.1 cm³/mol. The third-order valence-electron chi connectivity index (χ3n) is 3.37. The summed E-state index contributed by atoms with van der Waals surface area (Å²) in [4.78, 5) is 0. The van der Waals surface area contributed by atoms with Gasteiger partial charge in [-0.15, -0.1) is 0 Å². The van der Waals surface area contributed by atoms with Gasteiger partial charge in [0.05, 0.1) is 11.5 Å². The minimum Gasteiger partial charge on any atom is -0.323 e. The molecule has 2 heteroatoms. The van der Waals surface area contributed by atoms with Crippen LogP contribution >= 0.6 is 0 Å². The van der Waals surface area contributed by atoms with Crippen molar-refractivity contribution in [1.29, 1.82) is 5.26 Å². The van der Waals surface area contributed by atoms with Crippen molar-refractivity contribution >= 4 is 0 Å². The van der Waals surface area contributed by atoms with E-state index in [2.05, 4.69) is 38.1 Å². The van der Waals surface area contributed by atoms with E-state index < -0.39 is 0 Å². The van der Waals surface area contributed by atoms with Crippen LogP contribution in [0.2, 0.25) is 0 Å². The second-order valence-corrected chi connectivity index (χ2v) is 4.61. The van der Waals surface area contributed by atoms with Gasteiger partial charge < -0.3 is 5.73 Å². The Kier molecular flexibility index (Phi) is 2.28. The molecular formula is C13H16N2. The van der Waals surface area contributed by atoms with Crippen molar-refractivity contribution in [3.05, 3.63) is 34.9 Å². The molecule has 0 saturated heterocycles. The maximum atomic E-state index is 9.10. The molecule has 1 fully saturated rings. The number of hydrogen-bond acceptors (Lipinski definition) is 2. The Labute approximate surface area is 90.7 Å². The molecule has 15 heavy (non-hydrogen) atoms. The molecule has 0 aromatic heterocycles. The number of benzene rings is 1. The molecule has 0 spiro atoms. The average Bonchev–Trinajstić information content (AvgIpc) is 2.97. The summed E-state index contributed by atoms with van der Waals surface area (Å²) in [5.74, 6) is 0. The van der Waals surface area contributed by atoms with Gasteiger partial charge in [0.25, 0.3) is 0 Å². The SMILES string of the molecule is Cc1ccc(C(N)C2(C#N)CC2)c(C)c1. The van der Waals surface area contributed by atoms with E-state index >= 15 is 0 Å². The van der Waals surface area contributed by atoms with E-state index in [9.17, 15) is 0 Å². The Morgan fingerprint density at radius 2 is 2.07 bits per heavy atom. The zero-order valence-electron chi connectivity index (χ0n) is 9.25. The van der Waals surface area contributed by atoms with Crippen molar-refractivity contribution in [2.24, 2.45) is 11.1 Å². The van der Waals surface area contributed by atoms with Crippen molar-refractivity contribution in [3.8, 4) is 6.07 Å². The maximum absolute atomic E-state index is 9.10. The quantitative estimate of drug-likeness (QED) is 0.797. The molecule has 0 amide bonds. The summed E-state index contributed by atoms with van der Waals surface area (Å²) in [5, 5.41) is 9.10. The molecule has 1 aromatic carbocycles. The largest absolute Gasteiger partial charge is 0.323 e. The van der Waals surface area contributed by atoms with Crippen molar-refractivity contribution in [2.75, 3.05) is 0 Å². The van der Waals surface area contributed by atoms with Crippen LogP contribution < -0.4 is 5.73 Å². The highest BCUT2D eigenvalue weighted by Gasteiger charge is 2.49. The first-order valence-electron chi connectivity index (χ1n) is 5.33. The summed E-state index contributed by atoms with van der Waals surface area (Å²) in [6.45, 7) is 4.13. The summed E-state index contributed by atoms with van der Waals surface area (Å²) >= 11 is 0. The van der Waals surface area contributed by atoms with Crippen molar-refractivity contribution in [2.45, 2.75) is 32.7 Å². The fourth-order valence-electron chi connectivity index (χ4n) is 2.10. The normalized spacial score (nSPS) is 19.3. The van der Waals surface area contributed by atoms with Gasteiger partial charge >= 0.3 is 0 Å². The fraction of sp³-hybridized carbons (Fsp3) is 0.462. The highest BCUT2D eigenvalue weighted by Crippen LogP contribution is 2.53. The molecule has 0 aliphatic heterocycles. The second kappa shape index (κ2) is 3.36. The summed E-state index contributed by atoms with van der Waals surface area (Å²) in [5.41, 5.74) is 9.46. The molecule has 1 aliphatic rings. The van der Waals surface area contributed by atoms with Crippen LogP contribution in [0.4, 0.5) is 0 Å². The van der Waals surface area contributed by atoms with Gasteiger partial charge in [-0.2, -0.15) is 5.26 Å². The lowest BCUT2D eigenvalue weighted by molar-refractivity contribution is 0.517. The maximum Gasteiger partial charge on any atom is 0.0767 e. The second-order valence-electron chi connectivity index (χ2n) is 4.61. The van der Waals surface area contributed by atoms with Crippen molar-refractivity contribution in [3.63, 3.8) is 0 Å². The summed E-state index contributed by atoms with van der Waals surface area (Å²) in [6.07, 6.45) is 1.88. The van der Waals surface area contributed by atoms with Crippen LogP contribution in [0.1, 0.15) is 35.6 Å². The lowest BCUT2D eigenvalue weighted by Crippen LogP contribution is -2.22. The topological polar surface area (TPSA) is 49.8 Å². The van der Waals surface area contributed by atoms with Gasteiger partial charge in [0.2, 0.25) is 0 Å². The number of nitrogens with two attached hydrogens (primary N) is 1. The first-order valence-corrected chi connectivity index (χ1v) is 5.33. The van der Waals surface area contributed by atoms with E-state index in [4.69, 9.17) is 11.0 Å². The molecule has 2 nitrogen and oxygen atoms in total. The van der Waals surface area contributed by atoms with Crippen LogP contribution in [0.25, 0.3) is 0 Å². The van der Waals surface area contributed by atoms with E-state index in [0.29, 0.717) is 0 Å². The Bertz CT molecular complexity index is 425. The molecular weight excluding hydrogens is 184 g/mol. The average molecular weight is 200 g/mol. The first kappa shape index (κ1) is 10.2.